The second kappa shape index (κ2) is 9.11. The fourth-order valence-electron chi connectivity index (χ4n) is 4.50. The van der Waals surface area contributed by atoms with Gasteiger partial charge in [-0.1, -0.05) is 19.4 Å². The number of aryl methyl sites for hydroxylation is 1. The van der Waals surface area contributed by atoms with Crippen LogP contribution < -0.4 is 10.2 Å². The van der Waals surface area contributed by atoms with Gasteiger partial charge >= 0.3 is 0 Å². The standard InChI is InChI=1S/C21H27N7O2S/c1-3-15-12-17(27-31(29,30)11-8-16-6-4-5-9-23-16)13-19(15)28-18-7-10-24-21(18)25-14-20(28)26-22-2/h4-7,9-10,14-15,17,19,24,27H,2-3,8,11-13H2,1H3/b26-20-/t15-,17+,19?/m1/s1. The van der Waals surface area contributed by atoms with Gasteiger partial charge in [-0.25, -0.2) is 18.1 Å². The Hall–Kier alpha value is -2.85. The summed E-state index contributed by atoms with van der Waals surface area (Å²) >= 11 is 0. The molecule has 0 amide bonds. The molecule has 1 unspecified atom stereocenters. The predicted octanol–water partition coefficient (Wildman–Crippen LogP) is 2.17. The lowest BCUT2D eigenvalue weighted by atomic mass is 10.00. The van der Waals surface area contributed by atoms with Crippen LogP contribution in [0.5, 0.6) is 0 Å². The average molecular weight is 442 g/mol. The number of fused-ring (bicyclic) bond motifs is 1. The lowest BCUT2D eigenvalue weighted by Crippen LogP contribution is -2.36. The van der Waals surface area contributed by atoms with E-state index in [0.29, 0.717) is 24.2 Å². The number of rotatable bonds is 8. The minimum absolute atomic E-state index is 0.0212. The van der Waals surface area contributed by atoms with Crippen LogP contribution in [0.1, 0.15) is 37.9 Å². The van der Waals surface area contributed by atoms with Crippen LogP contribution in [0.3, 0.4) is 0 Å². The largest absolute Gasteiger partial charge is 0.345 e. The molecule has 0 aliphatic heterocycles. The quantitative estimate of drug-likeness (QED) is 0.411. The van der Waals surface area contributed by atoms with Gasteiger partial charge in [-0.3, -0.25) is 4.98 Å². The van der Waals surface area contributed by atoms with E-state index in [1.54, 1.807) is 12.4 Å². The van der Waals surface area contributed by atoms with Crippen molar-refractivity contribution in [1.29, 1.82) is 0 Å². The number of hydrogen-bond acceptors (Lipinski definition) is 6. The number of nitrogens with one attached hydrogen (secondary N) is 2. The molecule has 164 valence electrons. The topological polar surface area (TPSA) is 117 Å². The maximum absolute atomic E-state index is 12.7. The van der Waals surface area contributed by atoms with Gasteiger partial charge in [0.1, 0.15) is 0 Å². The molecule has 0 saturated heterocycles. The zero-order valence-corrected chi connectivity index (χ0v) is 18.3. The summed E-state index contributed by atoms with van der Waals surface area (Å²) in [6.45, 7) is 5.61. The molecule has 3 atom stereocenters. The molecule has 3 heterocycles. The van der Waals surface area contributed by atoms with E-state index in [4.69, 9.17) is 0 Å². The second-order valence-corrected chi connectivity index (χ2v) is 9.72. The molecule has 3 aromatic rings. The summed E-state index contributed by atoms with van der Waals surface area (Å²) in [7, 11) is -3.42. The molecule has 1 fully saturated rings. The Morgan fingerprint density at radius 1 is 1.29 bits per heavy atom. The van der Waals surface area contributed by atoms with Crippen molar-refractivity contribution in [3.8, 4) is 0 Å². The van der Waals surface area contributed by atoms with Crippen LogP contribution in [-0.4, -0.2) is 46.4 Å². The van der Waals surface area contributed by atoms with Crippen molar-refractivity contribution in [3.63, 3.8) is 0 Å². The highest BCUT2D eigenvalue weighted by Gasteiger charge is 2.37. The van der Waals surface area contributed by atoms with Crippen LogP contribution in [0.25, 0.3) is 11.2 Å². The highest BCUT2D eigenvalue weighted by Crippen LogP contribution is 2.38. The van der Waals surface area contributed by atoms with Gasteiger partial charge < -0.3 is 9.55 Å². The number of sulfonamides is 1. The highest BCUT2D eigenvalue weighted by atomic mass is 32.2. The summed E-state index contributed by atoms with van der Waals surface area (Å²) < 4.78 is 30.5. The molecule has 0 bridgehead atoms. The maximum atomic E-state index is 12.7. The first kappa shape index (κ1) is 21.4. The molecule has 1 aliphatic carbocycles. The van der Waals surface area contributed by atoms with Gasteiger partial charge in [0.05, 0.1) is 17.5 Å². The Kier molecular flexibility index (Phi) is 6.28. The van der Waals surface area contributed by atoms with Crippen LogP contribution >= 0.6 is 0 Å². The molecular formula is C21H27N7O2S. The normalized spacial score (nSPS) is 22.2. The third kappa shape index (κ3) is 4.75. The molecule has 3 aromatic heterocycles. The van der Waals surface area contributed by atoms with Gasteiger partial charge in [0.2, 0.25) is 10.0 Å². The highest BCUT2D eigenvalue weighted by molar-refractivity contribution is 7.89. The molecule has 0 spiro atoms. The van der Waals surface area contributed by atoms with Crippen molar-refractivity contribution >= 4 is 27.9 Å². The van der Waals surface area contributed by atoms with E-state index in [1.165, 1.54) is 0 Å². The predicted molar refractivity (Wildman–Crippen MR) is 120 cm³/mol. The van der Waals surface area contributed by atoms with Crippen LogP contribution in [0.15, 0.2) is 53.1 Å². The van der Waals surface area contributed by atoms with E-state index >= 15 is 0 Å². The van der Waals surface area contributed by atoms with Gasteiger partial charge in [-0.15, -0.1) is 5.10 Å². The van der Waals surface area contributed by atoms with E-state index < -0.39 is 10.0 Å². The molecule has 1 saturated carbocycles. The first-order valence-corrected chi connectivity index (χ1v) is 12.1. The van der Waals surface area contributed by atoms with Crippen LogP contribution in [-0.2, 0) is 16.4 Å². The van der Waals surface area contributed by atoms with Crippen LogP contribution in [0, 0.1) is 5.92 Å². The number of H-pyrrole nitrogens is 1. The number of aromatic amines is 1. The molecule has 1 aliphatic rings. The molecule has 9 nitrogen and oxygen atoms in total. The van der Waals surface area contributed by atoms with Crippen molar-refractivity contribution in [3.05, 3.63) is 54.0 Å². The van der Waals surface area contributed by atoms with Crippen molar-refractivity contribution in [2.75, 3.05) is 5.75 Å². The minimum atomic E-state index is -3.42. The summed E-state index contributed by atoms with van der Waals surface area (Å²) in [5, 5.41) is 7.87. The summed E-state index contributed by atoms with van der Waals surface area (Å²) in [5.74, 6) is 0.320. The summed E-state index contributed by atoms with van der Waals surface area (Å²) in [5.41, 5.74) is 3.07. The number of hydrogen-bond donors (Lipinski definition) is 2. The Balaban J connectivity index is 1.55. The average Bonchev–Trinajstić information content (AvgIpc) is 3.39. The monoisotopic (exact) mass is 441 g/mol. The number of nitrogens with zero attached hydrogens (tertiary/aromatic N) is 5. The molecule has 31 heavy (non-hydrogen) atoms. The Morgan fingerprint density at radius 3 is 2.90 bits per heavy atom. The fourth-order valence-corrected chi connectivity index (χ4v) is 5.80. The molecule has 0 radical (unpaired) electrons. The molecule has 4 rings (SSSR count). The second-order valence-electron chi connectivity index (χ2n) is 7.85. The Morgan fingerprint density at radius 2 is 2.16 bits per heavy atom. The zero-order chi connectivity index (χ0) is 21.8. The van der Waals surface area contributed by atoms with E-state index in [1.807, 2.05) is 30.5 Å². The molecular weight excluding hydrogens is 414 g/mol. The van der Waals surface area contributed by atoms with Gasteiger partial charge in [-0.05, 0) is 37.0 Å². The van der Waals surface area contributed by atoms with Crippen molar-refractivity contribution < 1.29 is 8.42 Å². The van der Waals surface area contributed by atoms with E-state index in [9.17, 15) is 8.42 Å². The summed E-state index contributed by atoms with van der Waals surface area (Å²) in [6, 6.07) is 7.43. The van der Waals surface area contributed by atoms with Crippen molar-refractivity contribution in [2.45, 2.75) is 44.7 Å². The maximum Gasteiger partial charge on any atom is 0.212 e. The van der Waals surface area contributed by atoms with Crippen LogP contribution in [0.4, 0.5) is 0 Å². The van der Waals surface area contributed by atoms with Crippen LogP contribution in [0.2, 0.25) is 0 Å². The Bertz CT molecular complexity index is 1220. The SMILES string of the molecule is C=N/N=c1/cnc2[nH]ccc2n1C1C[C@@H](NS(=O)(=O)CCc2ccccn2)C[C@H]1CC. The third-order valence-corrected chi connectivity index (χ3v) is 7.34. The number of pyridine rings is 1. The van der Waals surface area contributed by atoms with Crippen molar-refractivity contribution in [1.82, 2.24) is 24.2 Å². The molecule has 0 aromatic carbocycles. The van der Waals surface area contributed by atoms with Crippen molar-refractivity contribution in [2.24, 2.45) is 16.1 Å². The third-order valence-electron chi connectivity index (χ3n) is 5.91. The van der Waals surface area contributed by atoms with E-state index in [2.05, 4.69) is 48.1 Å². The molecule has 10 heteroatoms. The van der Waals surface area contributed by atoms with Gasteiger partial charge in [0, 0.05) is 43.3 Å². The van der Waals surface area contributed by atoms with E-state index in [-0.39, 0.29) is 17.8 Å². The van der Waals surface area contributed by atoms with E-state index in [0.717, 1.165) is 29.7 Å². The first-order valence-electron chi connectivity index (χ1n) is 10.4. The lowest BCUT2D eigenvalue weighted by Gasteiger charge is -2.22. The smallest absolute Gasteiger partial charge is 0.212 e. The zero-order valence-electron chi connectivity index (χ0n) is 17.5. The lowest BCUT2D eigenvalue weighted by molar-refractivity contribution is 0.367. The van der Waals surface area contributed by atoms with Gasteiger partial charge in [0.25, 0.3) is 0 Å². The summed E-state index contributed by atoms with van der Waals surface area (Å²) in [4.78, 5) is 11.7. The number of aromatic nitrogens is 4. The fraction of sp³-hybridized carbons (Fsp3) is 0.429. The molecule has 2 N–H and O–H groups in total. The van der Waals surface area contributed by atoms with Gasteiger partial charge in [-0.2, -0.15) is 5.10 Å². The first-order chi connectivity index (χ1) is 15.0. The summed E-state index contributed by atoms with van der Waals surface area (Å²) in [6.07, 6.45) is 7.95. The minimum Gasteiger partial charge on any atom is -0.345 e. The van der Waals surface area contributed by atoms with Gasteiger partial charge in [0.15, 0.2) is 11.1 Å². The Labute approximate surface area is 181 Å².